The van der Waals surface area contributed by atoms with Crippen LogP contribution in [-0.2, 0) is 13.1 Å². The number of benzene rings is 1. The first kappa shape index (κ1) is 12.5. The van der Waals surface area contributed by atoms with Crippen molar-refractivity contribution >= 4 is 27.3 Å². The van der Waals surface area contributed by atoms with Crippen LogP contribution in [0.5, 0.6) is 5.75 Å². The Balaban J connectivity index is 1.87. The molecule has 2 aromatic rings. The SMILES string of the molecule is Cc1csc(CNCc2ccc(O)c(Br)c2)n1. The number of halogens is 1. The largest absolute Gasteiger partial charge is 0.507 e. The number of aromatic hydroxyl groups is 1. The van der Waals surface area contributed by atoms with E-state index in [0.29, 0.717) is 0 Å². The molecule has 17 heavy (non-hydrogen) atoms. The van der Waals surface area contributed by atoms with Gasteiger partial charge in [0.2, 0.25) is 0 Å². The van der Waals surface area contributed by atoms with Gasteiger partial charge in [-0.15, -0.1) is 11.3 Å². The van der Waals surface area contributed by atoms with Crippen molar-refractivity contribution in [1.29, 1.82) is 0 Å². The third kappa shape index (κ3) is 3.52. The summed E-state index contributed by atoms with van der Waals surface area (Å²) in [5.74, 6) is 0.268. The minimum atomic E-state index is 0.268. The van der Waals surface area contributed by atoms with E-state index in [2.05, 4.69) is 26.2 Å². The number of hydrogen-bond acceptors (Lipinski definition) is 4. The summed E-state index contributed by atoms with van der Waals surface area (Å²) in [6, 6.07) is 5.50. The lowest BCUT2D eigenvalue weighted by atomic mass is 10.2. The van der Waals surface area contributed by atoms with Crippen molar-refractivity contribution in [2.75, 3.05) is 0 Å². The van der Waals surface area contributed by atoms with Crippen molar-refractivity contribution < 1.29 is 5.11 Å². The molecule has 0 amide bonds. The summed E-state index contributed by atoms with van der Waals surface area (Å²) in [5, 5.41) is 15.8. The summed E-state index contributed by atoms with van der Waals surface area (Å²) in [5.41, 5.74) is 2.20. The van der Waals surface area contributed by atoms with Crippen LogP contribution < -0.4 is 5.32 Å². The first-order chi connectivity index (χ1) is 8.15. The molecule has 0 saturated carbocycles. The molecule has 0 spiro atoms. The third-order valence-corrected chi connectivity index (χ3v) is 3.89. The molecule has 3 nitrogen and oxygen atoms in total. The highest BCUT2D eigenvalue weighted by Gasteiger charge is 2.01. The molecule has 2 N–H and O–H groups in total. The maximum absolute atomic E-state index is 9.37. The van der Waals surface area contributed by atoms with Crippen LogP contribution in [0.25, 0.3) is 0 Å². The Hall–Kier alpha value is -0.910. The zero-order chi connectivity index (χ0) is 12.3. The molecule has 0 radical (unpaired) electrons. The molecule has 1 heterocycles. The fraction of sp³-hybridized carbons (Fsp3) is 0.250. The number of hydrogen-bond donors (Lipinski definition) is 2. The highest BCUT2D eigenvalue weighted by atomic mass is 79.9. The van der Waals surface area contributed by atoms with Crippen molar-refractivity contribution in [3.63, 3.8) is 0 Å². The van der Waals surface area contributed by atoms with Gasteiger partial charge in [-0.25, -0.2) is 4.98 Å². The number of rotatable bonds is 4. The lowest BCUT2D eigenvalue weighted by molar-refractivity contribution is 0.471. The van der Waals surface area contributed by atoms with Gasteiger partial charge >= 0.3 is 0 Å². The fourth-order valence-corrected chi connectivity index (χ4v) is 2.63. The van der Waals surface area contributed by atoms with E-state index in [1.807, 2.05) is 24.4 Å². The zero-order valence-electron chi connectivity index (χ0n) is 9.40. The Kier molecular flexibility index (Phi) is 4.15. The second-order valence-electron chi connectivity index (χ2n) is 3.77. The van der Waals surface area contributed by atoms with Crippen LogP contribution in [0.15, 0.2) is 28.1 Å². The van der Waals surface area contributed by atoms with Crippen LogP contribution in [-0.4, -0.2) is 10.1 Å². The van der Waals surface area contributed by atoms with E-state index in [0.717, 1.165) is 33.8 Å². The maximum Gasteiger partial charge on any atom is 0.129 e. The minimum Gasteiger partial charge on any atom is -0.507 e. The molecule has 0 saturated heterocycles. The number of nitrogens with zero attached hydrogens (tertiary/aromatic N) is 1. The Bertz CT molecular complexity index is 513. The number of phenols is 1. The van der Waals surface area contributed by atoms with Crippen LogP contribution in [0.2, 0.25) is 0 Å². The molecule has 1 aromatic heterocycles. The number of nitrogens with one attached hydrogen (secondary N) is 1. The molecule has 90 valence electrons. The standard InChI is InChI=1S/C12H13BrN2OS/c1-8-7-17-12(15-8)6-14-5-9-2-3-11(16)10(13)4-9/h2-4,7,14,16H,5-6H2,1H3. The van der Waals surface area contributed by atoms with Crippen molar-refractivity contribution in [1.82, 2.24) is 10.3 Å². The van der Waals surface area contributed by atoms with E-state index in [-0.39, 0.29) is 5.75 Å². The molecule has 1 aromatic carbocycles. The van der Waals surface area contributed by atoms with E-state index in [9.17, 15) is 5.11 Å². The van der Waals surface area contributed by atoms with Gasteiger partial charge in [-0.2, -0.15) is 0 Å². The highest BCUT2D eigenvalue weighted by Crippen LogP contribution is 2.24. The molecule has 0 bridgehead atoms. The van der Waals surface area contributed by atoms with Gasteiger partial charge in [0.15, 0.2) is 0 Å². The van der Waals surface area contributed by atoms with Gasteiger partial charge < -0.3 is 10.4 Å². The molecule has 0 atom stereocenters. The van der Waals surface area contributed by atoms with Gasteiger partial charge in [0.1, 0.15) is 10.8 Å². The summed E-state index contributed by atoms with van der Waals surface area (Å²) in [6.45, 7) is 3.53. The van der Waals surface area contributed by atoms with Crippen molar-refractivity contribution in [3.8, 4) is 5.75 Å². The van der Waals surface area contributed by atoms with E-state index in [1.54, 1.807) is 17.4 Å². The van der Waals surface area contributed by atoms with Gasteiger partial charge in [0.25, 0.3) is 0 Å². The minimum absolute atomic E-state index is 0.268. The summed E-state index contributed by atoms with van der Waals surface area (Å²) in [4.78, 5) is 4.38. The van der Waals surface area contributed by atoms with Gasteiger partial charge in [0, 0.05) is 24.2 Å². The number of thiazole rings is 1. The van der Waals surface area contributed by atoms with E-state index >= 15 is 0 Å². The van der Waals surface area contributed by atoms with Gasteiger partial charge in [0.05, 0.1) is 4.47 Å². The Morgan fingerprint density at radius 3 is 2.88 bits per heavy atom. The highest BCUT2D eigenvalue weighted by molar-refractivity contribution is 9.10. The maximum atomic E-state index is 9.37. The molecule has 0 unspecified atom stereocenters. The molecule has 2 rings (SSSR count). The second-order valence-corrected chi connectivity index (χ2v) is 5.57. The number of phenolic OH excluding ortho intramolecular Hbond substituents is 1. The van der Waals surface area contributed by atoms with E-state index in [4.69, 9.17) is 0 Å². The molecule has 0 aliphatic heterocycles. The van der Waals surface area contributed by atoms with Crippen molar-refractivity contribution in [2.24, 2.45) is 0 Å². The lowest BCUT2D eigenvalue weighted by Gasteiger charge is -2.04. The third-order valence-electron chi connectivity index (χ3n) is 2.28. The van der Waals surface area contributed by atoms with Crippen LogP contribution in [0.1, 0.15) is 16.3 Å². The van der Waals surface area contributed by atoms with E-state index < -0.39 is 0 Å². The Morgan fingerprint density at radius 2 is 2.24 bits per heavy atom. The average molecular weight is 313 g/mol. The first-order valence-corrected chi connectivity index (χ1v) is 6.91. The lowest BCUT2D eigenvalue weighted by Crippen LogP contribution is -2.12. The molecule has 5 heteroatoms. The Morgan fingerprint density at radius 1 is 1.41 bits per heavy atom. The number of aromatic nitrogens is 1. The summed E-state index contributed by atoms with van der Waals surface area (Å²) >= 11 is 4.97. The predicted octanol–water partition coefficient (Wildman–Crippen LogP) is 3.21. The van der Waals surface area contributed by atoms with Crippen LogP contribution >= 0.6 is 27.3 Å². The summed E-state index contributed by atoms with van der Waals surface area (Å²) in [6.07, 6.45) is 0. The van der Waals surface area contributed by atoms with Crippen molar-refractivity contribution in [2.45, 2.75) is 20.0 Å². The Labute approximate surface area is 113 Å². The van der Waals surface area contributed by atoms with Crippen LogP contribution in [0, 0.1) is 6.92 Å². The molecular weight excluding hydrogens is 300 g/mol. The second kappa shape index (κ2) is 5.62. The van der Waals surface area contributed by atoms with Gasteiger partial charge in [-0.05, 0) is 40.5 Å². The smallest absolute Gasteiger partial charge is 0.129 e. The predicted molar refractivity (Wildman–Crippen MR) is 73.2 cm³/mol. The van der Waals surface area contributed by atoms with Gasteiger partial charge in [-0.1, -0.05) is 6.07 Å². The fourth-order valence-electron chi connectivity index (χ4n) is 1.46. The molecular formula is C12H13BrN2OS. The van der Waals surface area contributed by atoms with Crippen molar-refractivity contribution in [3.05, 3.63) is 44.3 Å². The quantitative estimate of drug-likeness (QED) is 0.911. The normalized spacial score (nSPS) is 10.7. The monoisotopic (exact) mass is 312 g/mol. The van der Waals surface area contributed by atoms with Gasteiger partial charge in [-0.3, -0.25) is 0 Å². The molecule has 0 aliphatic carbocycles. The average Bonchev–Trinajstić information content (AvgIpc) is 2.70. The van der Waals surface area contributed by atoms with Crippen LogP contribution in [0.3, 0.4) is 0 Å². The first-order valence-electron chi connectivity index (χ1n) is 5.24. The summed E-state index contributed by atoms with van der Waals surface area (Å²) in [7, 11) is 0. The zero-order valence-corrected chi connectivity index (χ0v) is 11.8. The summed E-state index contributed by atoms with van der Waals surface area (Å²) < 4.78 is 0.724. The van der Waals surface area contributed by atoms with Crippen LogP contribution in [0.4, 0.5) is 0 Å². The topological polar surface area (TPSA) is 45.1 Å². The van der Waals surface area contributed by atoms with E-state index in [1.165, 1.54) is 0 Å². The molecule has 0 aliphatic rings. The molecule has 0 fully saturated rings. The number of aryl methyl sites for hydroxylation is 1.